The second-order valence-corrected chi connectivity index (χ2v) is 8.40. The topological polar surface area (TPSA) is 32.8 Å². The number of morpholine rings is 1. The molecule has 23 heavy (non-hydrogen) atoms. The van der Waals surface area contributed by atoms with E-state index < -0.39 is 0 Å². The first-order valence-corrected chi connectivity index (χ1v) is 9.86. The number of hydrogen-bond donors (Lipinski definition) is 0. The molecule has 2 saturated carbocycles. The first-order valence-electron chi connectivity index (χ1n) is 9.86. The van der Waals surface area contributed by atoms with Crippen LogP contribution in [0, 0.1) is 23.7 Å². The van der Waals surface area contributed by atoms with Gasteiger partial charge in [0.1, 0.15) is 0 Å². The van der Waals surface area contributed by atoms with Gasteiger partial charge in [0.2, 0.25) is 5.91 Å². The fraction of sp³-hybridized carbons (Fsp3) is 0.947. The number of hydrogen-bond acceptors (Lipinski definition) is 3. The van der Waals surface area contributed by atoms with Crippen molar-refractivity contribution in [2.75, 3.05) is 45.9 Å². The number of likely N-dealkylation sites (tertiary alicyclic amines) is 1. The molecule has 0 unspecified atom stereocenters. The number of nitrogens with zero attached hydrogens (tertiary/aromatic N) is 2. The van der Waals surface area contributed by atoms with E-state index in [1.165, 1.54) is 38.5 Å². The van der Waals surface area contributed by atoms with Crippen LogP contribution in [0.2, 0.25) is 0 Å². The van der Waals surface area contributed by atoms with Crippen LogP contribution in [0.15, 0.2) is 0 Å². The zero-order chi connectivity index (χ0) is 15.6. The smallest absolute Gasteiger partial charge is 0.222 e. The molecule has 0 radical (unpaired) electrons. The molecule has 4 nitrogen and oxygen atoms in total. The number of fused-ring (bicyclic) bond motifs is 2. The maximum absolute atomic E-state index is 12.8. The van der Waals surface area contributed by atoms with E-state index in [1.807, 2.05) is 0 Å². The maximum Gasteiger partial charge on any atom is 0.222 e. The van der Waals surface area contributed by atoms with Gasteiger partial charge < -0.3 is 9.64 Å². The number of ether oxygens (including phenoxy) is 1. The van der Waals surface area contributed by atoms with Crippen LogP contribution in [0.4, 0.5) is 0 Å². The Morgan fingerprint density at radius 3 is 2.65 bits per heavy atom. The Balaban J connectivity index is 1.25. The molecule has 4 atom stereocenters. The fourth-order valence-corrected chi connectivity index (χ4v) is 5.57. The summed E-state index contributed by atoms with van der Waals surface area (Å²) in [4.78, 5) is 17.5. The van der Waals surface area contributed by atoms with Gasteiger partial charge >= 0.3 is 0 Å². The van der Waals surface area contributed by atoms with Crippen LogP contribution in [0.25, 0.3) is 0 Å². The van der Waals surface area contributed by atoms with E-state index in [9.17, 15) is 4.79 Å². The van der Waals surface area contributed by atoms with Gasteiger partial charge in [0.15, 0.2) is 0 Å². The summed E-state index contributed by atoms with van der Waals surface area (Å²) in [5.41, 5.74) is 0. The van der Waals surface area contributed by atoms with Crippen molar-refractivity contribution in [3.63, 3.8) is 0 Å². The van der Waals surface area contributed by atoms with Gasteiger partial charge in [0, 0.05) is 39.1 Å². The van der Waals surface area contributed by atoms with Crippen LogP contribution >= 0.6 is 0 Å². The molecule has 0 N–H and O–H groups in total. The van der Waals surface area contributed by atoms with Gasteiger partial charge in [0.25, 0.3) is 0 Å². The first kappa shape index (κ1) is 15.9. The molecule has 4 fully saturated rings. The summed E-state index contributed by atoms with van der Waals surface area (Å²) in [6.07, 6.45) is 8.89. The zero-order valence-corrected chi connectivity index (χ0v) is 14.4. The van der Waals surface area contributed by atoms with Crippen molar-refractivity contribution < 1.29 is 9.53 Å². The van der Waals surface area contributed by atoms with Gasteiger partial charge in [-0.3, -0.25) is 9.69 Å². The summed E-state index contributed by atoms with van der Waals surface area (Å²) in [6, 6.07) is 0. The fourth-order valence-electron chi connectivity index (χ4n) is 5.57. The van der Waals surface area contributed by atoms with Gasteiger partial charge in [-0.2, -0.15) is 0 Å². The molecule has 0 aromatic heterocycles. The highest BCUT2D eigenvalue weighted by Gasteiger charge is 2.41. The van der Waals surface area contributed by atoms with E-state index in [0.29, 0.717) is 17.7 Å². The highest BCUT2D eigenvalue weighted by Crippen LogP contribution is 2.49. The monoisotopic (exact) mass is 320 g/mol. The minimum Gasteiger partial charge on any atom is -0.379 e. The number of piperidine rings is 1. The lowest BCUT2D eigenvalue weighted by Gasteiger charge is -2.37. The average molecular weight is 320 g/mol. The molecule has 2 aliphatic heterocycles. The van der Waals surface area contributed by atoms with E-state index in [-0.39, 0.29) is 0 Å². The summed E-state index contributed by atoms with van der Waals surface area (Å²) in [7, 11) is 0. The second-order valence-electron chi connectivity index (χ2n) is 8.40. The van der Waals surface area contributed by atoms with Gasteiger partial charge in [-0.15, -0.1) is 0 Å². The van der Waals surface area contributed by atoms with Gasteiger partial charge in [-0.1, -0.05) is 6.42 Å². The van der Waals surface area contributed by atoms with Crippen LogP contribution < -0.4 is 0 Å². The highest BCUT2D eigenvalue weighted by molar-refractivity contribution is 5.76. The van der Waals surface area contributed by atoms with Crippen molar-refractivity contribution in [3.8, 4) is 0 Å². The quantitative estimate of drug-likeness (QED) is 0.797. The summed E-state index contributed by atoms with van der Waals surface area (Å²) < 4.78 is 5.44. The molecule has 4 aliphatic rings. The predicted molar refractivity (Wildman–Crippen MR) is 90.1 cm³/mol. The molecular weight excluding hydrogens is 288 g/mol. The molecule has 2 heterocycles. The van der Waals surface area contributed by atoms with Crippen molar-refractivity contribution in [3.05, 3.63) is 0 Å². The summed E-state index contributed by atoms with van der Waals surface area (Å²) in [6.45, 7) is 7.03. The van der Waals surface area contributed by atoms with Crippen molar-refractivity contribution >= 4 is 5.91 Å². The molecule has 2 bridgehead atoms. The number of rotatable bonds is 4. The summed E-state index contributed by atoms with van der Waals surface area (Å²) in [5, 5.41) is 0. The zero-order valence-electron chi connectivity index (χ0n) is 14.4. The lowest BCUT2D eigenvalue weighted by atomic mass is 9.85. The minimum atomic E-state index is 0.453. The Morgan fingerprint density at radius 2 is 1.91 bits per heavy atom. The van der Waals surface area contributed by atoms with Gasteiger partial charge in [0.05, 0.1) is 13.2 Å². The van der Waals surface area contributed by atoms with Crippen molar-refractivity contribution in [2.24, 2.45) is 23.7 Å². The number of carbonyl (C=O) groups is 1. The minimum absolute atomic E-state index is 0.453. The van der Waals surface area contributed by atoms with E-state index in [1.54, 1.807) is 0 Å². The predicted octanol–water partition coefficient (Wildman–Crippen LogP) is 2.38. The van der Waals surface area contributed by atoms with Gasteiger partial charge in [-0.25, -0.2) is 0 Å². The summed E-state index contributed by atoms with van der Waals surface area (Å²) >= 11 is 0. The van der Waals surface area contributed by atoms with Crippen molar-refractivity contribution in [1.29, 1.82) is 0 Å². The Morgan fingerprint density at radius 1 is 1.04 bits per heavy atom. The second kappa shape index (κ2) is 7.10. The van der Waals surface area contributed by atoms with E-state index in [0.717, 1.165) is 64.2 Å². The van der Waals surface area contributed by atoms with Gasteiger partial charge in [-0.05, 0) is 55.8 Å². The molecule has 0 spiro atoms. The molecule has 1 amide bonds. The third kappa shape index (κ3) is 3.74. The molecule has 0 aromatic carbocycles. The Labute approximate surface area is 140 Å². The van der Waals surface area contributed by atoms with E-state index in [2.05, 4.69) is 9.80 Å². The molecule has 4 rings (SSSR count). The number of carbonyl (C=O) groups excluding carboxylic acids is 1. The normalized spacial score (nSPS) is 38.2. The average Bonchev–Trinajstić information content (AvgIpc) is 3.19. The van der Waals surface area contributed by atoms with Crippen LogP contribution in [0.5, 0.6) is 0 Å². The van der Waals surface area contributed by atoms with Crippen LogP contribution in [-0.2, 0) is 9.53 Å². The van der Waals surface area contributed by atoms with E-state index >= 15 is 0 Å². The van der Waals surface area contributed by atoms with Crippen molar-refractivity contribution in [1.82, 2.24) is 9.80 Å². The Hall–Kier alpha value is -0.610. The first-order chi connectivity index (χ1) is 11.3. The SMILES string of the molecule is O=C(C[C@H]1C[C@H]2CC[C@H]1C2)N1CCC[C@@H](CN2CCOCC2)C1. The van der Waals surface area contributed by atoms with Crippen LogP contribution in [0.1, 0.15) is 44.9 Å². The largest absolute Gasteiger partial charge is 0.379 e. The number of amides is 1. The standard InChI is InChI=1S/C19H32N2O2/c22-19(12-18-11-15-3-4-17(18)10-15)21-5-1-2-16(14-21)13-20-6-8-23-9-7-20/h15-18H,1-14H2/t15-,16-,17-,18+/m0/s1. The third-order valence-electron chi connectivity index (χ3n) is 6.81. The van der Waals surface area contributed by atoms with E-state index in [4.69, 9.17) is 4.74 Å². The maximum atomic E-state index is 12.8. The third-order valence-corrected chi connectivity index (χ3v) is 6.81. The Bertz CT molecular complexity index is 422. The molecular formula is C19H32N2O2. The Kier molecular flexibility index (Phi) is 4.91. The molecule has 2 saturated heterocycles. The van der Waals surface area contributed by atoms with Crippen molar-refractivity contribution in [2.45, 2.75) is 44.9 Å². The molecule has 4 heteroatoms. The summed E-state index contributed by atoms with van der Waals surface area (Å²) in [5.74, 6) is 3.66. The van der Waals surface area contributed by atoms with Crippen LogP contribution in [0.3, 0.4) is 0 Å². The molecule has 2 aliphatic carbocycles. The lowest BCUT2D eigenvalue weighted by Crippen LogP contribution is -2.46. The van der Waals surface area contributed by atoms with Crippen LogP contribution in [-0.4, -0.2) is 61.6 Å². The molecule has 0 aromatic rings. The lowest BCUT2D eigenvalue weighted by molar-refractivity contribution is -0.134. The molecule has 130 valence electrons. The highest BCUT2D eigenvalue weighted by atomic mass is 16.5.